The maximum atomic E-state index is 12.9. The maximum Gasteiger partial charge on any atom is 0.199 e. The summed E-state index contributed by atoms with van der Waals surface area (Å²) in [7, 11) is 0. The van der Waals surface area contributed by atoms with Gasteiger partial charge in [0.15, 0.2) is 23.3 Å². The molecular weight excluding hydrogens is 415 g/mol. The molecule has 4 atom stereocenters. The van der Waals surface area contributed by atoms with Gasteiger partial charge in [0.05, 0.1) is 5.02 Å². The van der Waals surface area contributed by atoms with Crippen molar-refractivity contribution in [1.82, 2.24) is 0 Å². The Balaban J connectivity index is 1.96. The van der Waals surface area contributed by atoms with Crippen molar-refractivity contribution in [2.75, 3.05) is 0 Å². The van der Waals surface area contributed by atoms with Crippen LogP contribution in [0, 0.1) is 0 Å². The van der Waals surface area contributed by atoms with E-state index in [1.165, 1.54) is 24.3 Å². The molecule has 0 saturated carbocycles. The van der Waals surface area contributed by atoms with Gasteiger partial charge >= 0.3 is 0 Å². The number of hydrogen-bond donors (Lipinski definition) is 2. The number of hydrogen-bond acceptors (Lipinski definition) is 5. The number of ketones is 2. The monoisotopic (exact) mass is 428 g/mol. The molecule has 0 aromatic heterocycles. The lowest BCUT2D eigenvalue weighted by Gasteiger charge is -2.27. The van der Waals surface area contributed by atoms with Gasteiger partial charge < -0.3 is 14.9 Å². The smallest absolute Gasteiger partial charge is 0.199 e. The van der Waals surface area contributed by atoms with E-state index in [0.29, 0.717) is 0 Å². The van der Waals surface area contributed by atoms with Gasteiger partial charge in [-0.1, -0.05) is 65.1 Å². The molecule has 142 valence electrons. The SMILES string of the molecule is O=C(C(O)c1ccccc1Cl)[C@H]1OC(Cl)C[C@@]1(O)C(=O)c1ccccc1Cl. The molecule has 3 rings (SSSR count). The van der Waals surface area contributed by atoms with E-state index >= 15 is 0 Å². The highest BCUT2D eigenvalue weighted by molar-refractivity contribution is 6.34. The minimum atomic E-state index is -2.27. The van der Waals surface area contributed by atoms with Gasteiger partial charge in [-0.25, -0.2) is 0 Å². The molecule has 2 aromatic rings. The first-order chi connectivity index (χ1) is 12.8. The quantitative estimate of drug-likeness (QED) is 0.561. The Morgan fingerprint density at radius 2 is 1.67 bits per heavy atom. The van der Waals surface area contributed by atoms with Gasteiger partial charge in [0.1, 0.15) is 11.7 Å². The molecule has 1 aliphatic rings. The lowest BCUT2D eigenvalue weighted by Crippen LogP contribution is -2.51. The van der Waals surface area contributed by atoms with Crippen molar-refractivity contribution in [3.63, 3.8) is 0 Å². The minimum Gasteiger partial charge on any atom is -0.380 e. The number of aliphatic hydroxyl groups excluding tert-OH is 1. The summed E-state index contributed by atoms with van der Waals surface area (Å²) in [5.74, 6) is -1.73. The van der Waals surface area contributed by atoms with E-state index in [9.17, 15) is 19.8 Å². The topological polar surface area (TPSA) is 83.8 Å². The lowest BCUT2D eigenvalue weighted by molar-refractivity contribution is -0.144. The zero-order valence-electron chi connectivity index (χ0n) is 13.8. The molecule has 1 aliphatic heterocycles. The Morgan fingerprint density at radius 3 is 2.30 bits per heavy atom. The van der Waals surface area contributed by atoms with Crippen LogP contribution in [0.15, 0.2) is 48.5 Å². The summed E-state index contributed by atoms with van der Waals surface area (Å²) in [6.45, 7) is 0. The molecule has 1 saturated heterocycles. The summed E-state index contributed by atoms with van der Waals surface area (Å²) in [4.78, 5) is 25.8. The number of ether oxygens (including phenoxy) is 1. The number of carbonyl (C=O) groups is 2. The van der Waals surface area contributed by atoms with Crippen LogP contribution in [0.4, 0.5) is 0 Å². The molecule has 8 heteroatoms. The van der Waals surface area contributed by atoms with Crippen LogP contribution in [0.1, 0.15) is 28.4 Å². The van der Waals surface area contributed by atoms with E-state index in [-0.39, 0.29) is 27.6 Å². The van der Waals surface area contributed by atoms with Gasteiger partial charge in [0.25, 0.3) is 0 Å². The Morgan fingerprint density at radius 1 is 1.07 bits per heavy atom. The molecule has 2 unspecified atom stereocenters. The Kier molecular flexibility index (Phi) is 5.91. The molecule has 5 nitrogen and oxygen atoms in total. The van der Waals surface area contributed by atoms with Crippen LogP contribution in [0.3, 0.4) is 0 Å². The predicted molar refractivity (Wildman–Crippen MR) is 101 cm³/mol. The molecule has 2 aromatic carbocycles. The van der Waals surface area contributed by atoms with Gasteiger partial charge in [-0.3, -0.25) is 9.59 Å². The van der Waals surface area contributed by atoms with Gasteiger partial charge in [-0.15, -0.1) is 0 Å². The molecular formula is C19H15Cl3O5. The van der Waals surface area contributed by atoms with Crippen LogP contribution < -0.4 is 0 Å². The number of Topliss-reactive ketones (excluding diaryl/α,β-unsaturated/α-hetero) is 2. The standard InChI is InChI=1S/C19H15Cl3O5/c20-12-7-3-1-5-10(12)15(23)16(24)18-19(26,9-14(22)27-18)17(25)11-6-2-4-8-13(11)21/h1-8,14-15,18,23,26H,9H2/t14?,15?,18-,19-/m1/s1. The maximum absolute atomic E-state index is 12.9. The highest BCUT2D eigenvalue weighted by atomic mass is 35.5. The fraction of sp³-hybridized carbons (Fsp3) is 0.263. The zero-order chi connectivity index (χ0) is 19.8. The van der Waals surface area contributed by atoms with E-state index < -0.39 is 34.9 Å². The second-order valence-electron chi connectivity index (χ2n) is 6.19. The fourth-order valence-corrected chi connectivity index (χ4v) is 3.85. The average Bonchev–Trinajstić information content (AvgIpc) is 2.96. The van der Waals surface area contributed by atoms with Gasteiger partial charge in [0.2, 0.25) is 0 Å². The predicted octanol–water partition coefficient (Wildman–Crippen LogP) is 3.56. The van der Waals surface area contributed by atoms with Crippen LogP contribution in [0.5, 0.6) is 0 Å². The van der Waals surface area contributed by atoms with Gasteiger partial charge in [-0.2, -0.15) is 0 Å². The molecule has 2 N–H and O–H groups in total. The van der Waals surface area contributed by atoms with Crippen molar-refractivity contribution in [1.29, 1.82) is 0 Å². The van der Waals surface area contributed by atoms with Crippen molar-refractivity contribution >= 4 is 46.4 Å². The van der Waals surface area contributed by atoms with Gasteiger partial charge in [0, 0.05) is 22.6 Å². The van der Waals surface area contributed by atoms with Crippen LogP contribution in [0.25, 0.3) is 0 Å². The summed E-state index contributed by atoms with van der Waals surface area (Å²) in [5, 5.41) is 21.8. The molecule has 0 amide bonds. The third-order valence-corrected chi connectivity index (χ3v) is 5.36. The molecule has 0 aliphatic carbocycles. The summed E-state index contributed by atoms with van der Waals surface area (Å²) < 4.78 is 5.30. The number of aliphatic hydroxyl groups is 2. The molecule has 0 spiro atoms. The van der Waals surface area contributed by atoms with Crippen molar-refractivity contribution in [2.24, 2.45) is 0 Å². The first-order valence-electron chi connectivity index (χ1n) is 8.03. The Hall–Kier alpha value is -1.47. The lowest BCUT2D eigenvalue weighted by atomic mass is 9.83. The van der Waals surface area contributed by atoms with E-state index in [2.05, 4.69) is 0 Å². The molecule has 0 bridgehead atoms. The molecule has 1 heterocycles. The number of carbonyl (C=O) groups excluding carboxylic acids is 2. The van der Waals surface area contributed by atoms with E-state index in [1.807, 2.05) is 0 Å². The van der Waals surface area contributed by atoms with Crippen molar-refractivity contribution in [3.05, 3.63) is 69.7 Å². The Labute approximate surface area is 170 Å². The van der Waals surface area contributed by atoms with Crippen molar-refractivity contribution in [2.45, 2.75) is 29.8 Å². The molecule has 0 radical (unpaired) electrons. The number of halogens is 3. The van der Waals surface area contributed by atoms with E-state index in [1.54, 1.807) is 24.3 Å². The Bertz CT molecular complexity index is 887. The third-order valence-electron chi connectivity index (χ3n) is 4.43. The normalized spacial score (nSPS) is 26.0. The van der Waals surface area contributed by atoms with Crippen molar-refractivity contribution in [3.8, 4) is 0 Å². The fourth-order valence-electron chi connectivity index (χ4n) is 3.05. The van der Waals surface area contributed by atoms with Crippen LogP contribution in [0.2, 0.25) is 10.0 Å². The second kappa shape index (κ2) is 7.87. The van der Waals surface area contributed by atoms with E-state index in [4.69, 9.17) is 39.5 Å². The van der Waals surface area contributed by atoms with Crippen molar-refractivity contribution < 1.29 is 24.5 Å². The zero-order valence-corrected chi connectivity index (χ0v) is 16.1. The molecule has 27 heavy (non-hydrogen) atoms. The van der Waals surface area contributed by atoms with E-state index in [0.717, 1.165) is 0 Å². The van der Waals surface area contributed by atoms with Crippen LogP contribution in [-0.2, 0) is 9.53 Å². The second-order valence-corrected chi connectivity index (χ2v) is 7.49. The summed E-state index contributed by atoms with van der Waals surface area (Å²) in [5.41, 5.74) is -3.19. The third kappa shape index (κ3) is 3.76. The van der Waals surface area contributed by atoms with Gasteiger partial charge in [-0.05, 0) is 18.2 Å². The van der Waals surface area contributed by atoms with Crippen LogP contribution in [-0.4, -0.2) is 39.0 Å². The summed E-state index contributed by atoms with van der Waals surface area (Å²) in [6, 6.07) is 12.3. The largest absolute Gasteiger partial charge is 0.380 e. The molecule has 1 fully saturated rings. The highest BCUT2D eigenvalue weighted by Gasteiger charge is 2.57. The van der Waals surface area contributed by atoms with Crippen LogP contribution >= 0.6 is 34.8 Å². The number of alkyl halides is 1. The minimum absolute atomic E-state index is 0.0288. The average molecular weight is 430 g/mol. The summed E-state index contributed by atoms with van der Waals surface area (Å²) in [6.07, 6.45) is -3.70. The number of rotatable bonds is 5. The highest BCUT2D eigenvalue weighted by Crippen LogP contribution is 2.39. The first kappa shape index (κ1) is 20.3. The number of benzene rings is 2. The first-order valence-corrected chi connectivity index (χ1v) is 9.22. The summed E-state index contributed by atoms with van der Waals surface area (Å²) >= 11 is 18.0.